The van der Waals surface area contributed by atoms with Crippen LogP contribution in [0.4, 0.5) is 4.79 Å². The number of carbonyl (C=O) groups excluding carboxylic acids is 1. The second kappa shape index (κ2) is 4.85. The third kappa shape index (κ3) is 2.32. The minimum absolute atomic E-state index is 0.0359. The molecule has 1 heterocycles. The molecule has 102 valence electrons. The van der Waals surface area contributed by atoms with Gasteiger partial charge in [-0.05, 0) is 24.8 Å². The van der Waals surface area contributed by atoms with Crippen molar-refractivity contribution in [3.8, 4) is 0 Å². The molecule has 1 N–H and O–H groups in total. The van der Waals surface area contributed by atoms with Gasteiger partial charge in [-0.3, -0.25) is 0 Å². The molecule has 1 aromatic carbocycles. The molecule has 0 unspecified atom stereocenters. The molecule has 1 saturated carbocycles. The van der Waals surface area contributed by atoms with Crippen molar-refractivity contribution in [2.45, 2.75) is 32.0 Å². The van der Waals surface area contributed by atoms with Crippen molar-refractivity contribution in [1.29, 1.82) is 0 Å². The number of rotatable bonds is 2. The molecule has 2 atom stereocenters. The summed E-state index contributed by atoms with van der Waals surface area (Å²) in [6.45, 7) is 1.65. The molecular weight excluding hydrogens is 242 g/mol. The summed E-state index contributed by atoms with van der Waals surface area (Å²) >= 11 is 0. The zero-order valence-electron chi connectivity index (χ0n) is 10.9. The van der Waals surface area contributed by atoms with Crippen LogP contribution in [0.1, 0.15) is 24.8 Å². The summed E-state index contributed by atoms with van der Waals surface area (Å²) in [5, 5.41) is 9.83. The summed E-state index contributed by atoms with van der Waals surface area (Å²) in [6.07, 6.45) is 2.29. The van der Waals surface area contributed by atoms with Gasteiger partial charge < -0.3 is 14.7 Å². The van der Waals surface area contributed by atoms with Crippen LogP contribution in [-0.2, 0) is 11.3 Å². The van der Waals surface area contributed by atoms with Crippen LogP contribution in [0, 0.1) is 5.41 Å². The number of ether oxygens (including phenoxy) is 1. The average Bonchev–Trinajstić information content (AvgIpc) is 2.92. The summed E-state index contributed by atoms with van der Waals surface area (Å²) in [4.78, 5) is 13.7. The number of hydrogen-bond acceptors (Lipinski definition) is 3. The van der Waals surface area contributed by atoms with Crippen LogP contribution in [0.2, 0.25) is 0 Å². The quantitative estimate of drug-likeness (QED) is 0.887. The highest BCUT2D eigenvalue weighted by Gasteiger charge is 2.51. The van der Waals surface area contributed by atoms with Gasteiger partial charge in [0.25, 0.3) is 0 Å². The first-order chi connectivity index (χ1) is 9.20. The molecule has 1 spiro atoms. The van der Waals surface area contributed by atoms with Gasteiger partial charge in [0.05, 0.1) is 6.10 Å². The molecule has 1 aromatic rings. The molecule has 1 aliphatic heterocycles. The molecule has 0 radical (unpaired) electrons. The van der Waals surface area contributed by atoms with Crippen molar-refractivity contribution in [3.63, 3.8) is 0 Å². The maximum Gasteiger partial charge on any atom is 0.410 e. The molecule has 0 aromatic heterocycles. The van der Waals surface area contributed by atoms with E-state index in [1.54, 1.807) is 4.90 Å². The lowest BCUT2D eigenvalue weighted by molar-refractivity contribution is -0.0560. The average molecular weight is 261 g/mol. The first-order valence-corrected chi connectivity index (χ1v) is 6.83. The SMILES string of the molecule is O=C(OCc1ccccc1)N1CC[C@@]2(CC[C@H]2O)C1. The van der Waals surface area contributed by atoms with E-state index in [2.05, 4.69) is 0 Å². The first kappa shape index (κ1) is 12.5. The predicted octanol–water partition coefficient (Wildman–Crippen LogP) is 2.17. The molecule has 1 aliphatic carbocycles. The van der Waals surface area contributed by atoms with Crippen LogP contribution in [-0.4, -0.2) is 35.3 Å². The molecule has 2 aliphatic rings. The van der Waals surface area contributed by atoms with Crippen LogP contribution in [0.5, 0.6) is 0 Å². The summed E-state index contributed by atoms with van der Waals surface area (Å²) in [6, 6.07) is 9.67. The van der Waals surface area contributed by atoms with E-state index in [9.17, 15) is 9.90 Å². The maximum absolute atomic E-state index is 12.0. The zero-order valence-corrected chi connectivity index (χ0v) is 10.9. The lowest BCUT2D eigenvalue weighted by Crippen LogP contribution is -2.47. The Bertz CT molecular complexity index is 462. The highest BCUT2D eigenvalue weighted by atomic mass is 16.6. The van der Waals surface area contributed by atoms with Crippen molar-refractivity contribution >= 4 is 6.09 Å². The number of amides is 1. The molecule has 0 bridgehead atoms. The van der Waals surface area contributed by atoms with E-state index in [-0.39, 0.29) is 17.6 Å². The van der Waals surface area contributed by atoms with Gasteiger partial charge in [0, 0.05) is 18.5 Å². The Morgan fingerprint density at radius 2 is 2.16 bits per heavy atom. The van der Waals surface area contributed by atoms with E-state index in [0.717, 1.165) is 24.8 Å². The van der Waals surface area contributed by atoms with Gasteiger partial charge in [0.15, 0.2) is 0 Å². The normalized spacial score (nSPS) is 29.3. The monoisotopic (exact) mass is 261 g/mol. The molecule has 3 rings (SSSR count). The van der Waals surface area contributed by atoms with Crippen LogP contribution in [0.3, 0.4) is 0 Å². The highest BCUT2D eigenvalue weighted by Crippen LogP contribution is 2.48. The Hall–Kier alpha value is -1.55. The third-order valence-corrected chi connectivity index (χ3v) is 4.47. The summed E-state index contributed by atoms with van der Waals surface area (Å²) in [5.74, 6) is 0. The fourth-order valence-electron chi connectivity index (χ4n) is 3.02. The van der Waals surface area contributed by atoms with E-state index in [1.165, 1.54) is 0 Å². The van der Waals surface area contributed by atoms with Crippen molar-refractivity contribution in [1.82, 2.24) is 4.90 Å². The topological polar surface area (TPSA) is 49.8 Å². The maximum atomic E-state index is 12.0. The molecule has 4 nitrogen and oxygen atoms in total. The van der Waals surface area contributed by atoms with E-state index in [4.69, 9.17) is 4.74 Å². The van der Waals surface area contributed by atoms with E-state index >= 15 is 0 Å². The zero-order chi connectivity index (χ0) is 13.3. The highest BCUT2D eigenvalue weighted by molar-refractivity contribution is 5.68. The Balaban J connectivity index is 1.52. The number of carbonyl (C=O) groups is 1. The molecule has 4 heteroatoms. The number of aliphatic hydroxyl groups is 1. The Kier molecular flexibility index (Phi) is 3.19. The van der Waals surface area contributed by atoms with Gasteiger partial charge >= 0.3 is 6.09 Å². The van der Waals surface area contributed by atoms with Gasteiger partial charge in [-0.1, -0.05) is 30.3 Å². The predicted molar refractivity (Wildman–Crippen MR) is 70.5 cm³/mol. The number of nitrogens with zero attached hydrogens (tertiary/aromatic N) is 1. The largest absolute Gasteiger partial charge is 0.445 e. The molecule has 19 heavy (non-hydrogen) atoms. The van der Waals surface area contributed by atoms with Crippen molar-refractivity contribution in [2.24, 2.45) is 5.41 Å². The van der Waals surface area contributed by atoms with Crippen molar-refractivity contribution in [2.75, 3.05) is 13.1 Å². The first-order valence-electron chi connectivity index (χ1n) is 6.83. The van der Waals surface area contributed by atoms with Crippen molar-refractivity contribution < 1.29 is 14.6 Å². The Morgan fingerprint density at radius 1 is 1.37 bits per heavy atom. The number of benzene rings is 1. The minimum Gasteiger partial charge on any atom is -0.445 e. The van der Waals surface area contributed by atoms with Gasteiger partial charge in [0.2, 0.25) is 0 Å². The van der Waals surface area contributed by atoms with Crippen molar-refractivity contribution in [3.05, 3.63) is 35.9 Å². The van der Waals surface area contributed by atoms with Crippen LogP contribution in [0.25, 0.3) is 0 Å². The van der Waals surface area contributed by atoms with Gasteiger partial charge in [-0.2, -0.15) is 0 Å². The number of hydrogen-bond donors (Lipinski definition) is 1. The van der Waals surface area contributed by atoms with Gasteiger partial charge in [-0.25, -0.2) is 4.79 Å². The summed E-state index contributed by atoms with van der Waals surface area (Å²) in [7, 11) is 0. The summed E-state index contributed by atoms with van der Waals surface area (Å²) in [5.41, 5.74) is 0.958. The summed E-state index contributed by atoms with van der Waals surface area (Å²) < 4.78 is 5.31. The second-order valence-electron chi connectivity index (χ2n) is 5.63. The molecule has 1 saturated heterocycles. The van der Waals surface area contributed by atoms with Gasteiger partial charge in [0.1, 0.15) is 6.61 Å². The Morgan fingerprint density at radius 3 is 2.74 bits per heavy atom. The lowest BCUT2D eigenvalue weighted by atomic mass is 9.66. The van der Waals surface area contributed by atoms with E-state index < -0.39 is 0 Å². The number of likely N-dealkylation sites (tertiary alicyclic amines) is 1. The minimum atomic E-state index is -0.264. The fraction of sp³-hybridized carbons (Fsp3) is 0.533. The second-order valence-corrected chi connectivity index (χ2v) is 5.63. The van der Waals surface area contributed by atoms with Crippen LogP contribution >= 0.6 is 0 Å². The molecular formula is C15H19NO3. The van der Waals surface area contributed by atoms with Crippen LogP contribution in [0.15, 0.2) is 30.3 Å². The smallest absolute Gasteiger partial charge is 0.410 e. The van der Waals surface area contributed by atoms with E-state index in [0.29, 0.717) is 19.7 Å². The third-order valence-electron chi connectivity index (χ3n) is 4.47. The standard InChI is InChI=1S/C15H19NO3/c17-13-6-7-15(13)8-9-16(11-15)14(18)19-10-12-4-2-1-3-5-12/h1-5,13,17H,6-11H2/t13-,15+/m1/s1. The van der Waals surface area contributed by atoms with Crippen LogP contribution < -0.4 is 0 Å². The Labute approximate surface area is 113 Å². The van der Waals surface area contributed by atoms with E-state index in [1.807, 2.05) is 30.3 Å². The molecule has 2 fully saturated rings. The fourth-order valence-corrected chi connectivity index (χ4v) is 3.02. The molecule has 1 amide bonds. The lowest BCUT2D eigenvalue weighted by Gasteiger charge is -2.43. The number of aliphatic hydroxyl groups excluding tert-OH is 1. The van der Waals surface area contributed by atoms with Gasteiger partial charge in [-0.15, -0.1) is 0 Å².